The van der Waals surface area contributed by atoms with Crippen molar-refractivity contribution in [3.8, 4) is 0 Å². The fourth-order valence-corrected chi connectivity index (χ4v) is 0.974. The zero-order valence-electron chi connectivity index (χ0n) is 7.93. The van der Waals surface area contributed by atoms with Crippen molar-refractivity contribution in [3.63, 3.8) is 0 Å². The summed E-state index contributed by atoms with van der Waals surface area (Å²) < 4.78 is 0. The summed E-state index contributed by atoms with van der Waals surface area (Å²) in [5.74, 6) is 0. The van der Waals surface area contributed by atoms with Crippen LogP contribution in [0.3, 0.4) is 0 Å². The van der Waals surface area contributed by atoms with Crippen molar-refractivity contribution in [1.29, 1.82) is 0 Å². The standard InChI is InChI=1S/C12H16/c1-6-8-9-11(5)12(7-2)10(3)4/h6-9H,1-3H2,4-5H3/b9-8-,12-11-. The monoisotopic (exact) mass is 160 g/mol. The Kier molecular flexibility index (Phi) is 4.78. The van der Waals surface area contributed by atoms with E-state index >= 15 is 0 Å². The lowest BCUT2D eigenvalue weighted by atomic mass is 10.0. The van der Waals surface area contributed by atoms with Crippen LogP contribution in [-0.2, 0) is 0 Å². The minimum Gasteiger partial charge on any atom is -0.0991 e. The molecule has 0 bridgehead atoms. The summed E-state index contributed by atoms with van der Waals surface area (Å²) in [5.41, 5.74) is 3.31. The third-order valence-corrected chi connectivity index (χ3v) is 1.57. The highest BCUT2D eigenvalue weighted by Crippen LogP contribution is 2.14. The van der Waals surface area contributed by atoms with E-state index in [0.717, 1.165) is 16.7 Å². The van der Waals surface area contributed by atoms with Gasteiger partial charge in [0.25, 0.3) is 0 Å². The molecule has 0 unspecified atom stereocenters. The SMILES string of the molecule is C=C/C=C\C(C)=C(\C=C)C(=C)C. The van der Waals surface area contributed by atoms with Gasteiger partial charge < -0.3 is 0 Å². The van der Waals surface area contributed by atoms with Crippen LogP contribution in [0, 0.1) is 0 Å². The lowest BCUT2D eigenvalue weighted by Crippen LogP contribution is -1.82. The predicted octanol–water partition coefficient (Wildman–Crippen LogP) is 3.81. The van der Waals surface area contributed by atoms with Crippen molar-refractivity contribution in [3.05, 3.63) is 60.8 Å². The van der Waals surface area contributed by atoms with E-state index in [4.69, 9.17) is 0 Å². The van der Waals surface area contributed by atoms with Gasteiger partial charge in [-0.3, -0.25) is 0 Å². The smallest absolute Gasteiger partial charge is 0.0210 e. The summed E-state index contributed by atoms with van der Waals surface area (Å²) in [6, 6.07) is 0. The number of hydrogen-bond acceptors (Lipinski definition) is 0. The third-order valence-electron chi connectivity index (χ3n) is 1.57. The van der Waals surface area contributed by atoms with Crippen molar-refractivity contribution < 1.29 is 0 Å². The molecule has 0 saturated carbocycles. The van der Waals surface area contributed by atoms with Crippen LogP contribution in [0.2, 0.25) is 0 Å². The van der Waals surface area contributed by atoms with Crippen molar-refractivity contribution in [1.82, 2.24) is 0 Å². The lowest BCUT2D eigenvalue weighted by Gasteiger charge is -2.02. The zero-order chi connectivity index (χ0) is 9.56. The van der Waals surface area contributed by atoms with E-state index in [-0.39, 0.29) is 0 Å². The maximum Gasteiger partial charge on any atom is -0.0210 e. The molecule has 0 amide bonds. The summed E-state index contributed by atoms with van der Waals surface area (Å²) in [5, 5.41) is 0. The van der Waals surface area contributed by atoms with Crippen LogP contribution in [0.1, 0.15) is 13.8 Å². The molecule has 0 atom stereocenters. The minimum absolute atomic E-state index is 1.04. The first-order valence-electron chi connectivity index (χ1n) is 3.91. The highest BCUT2D eigenvalue weighted by atomic mass is 14.0. The molecule has 12 heavy (non-hydrogen) atoms. The molecule has 0 fully saturated rings. The van der Waals surface area contributed by atoms with E-state index in [2.05, 4.69) is 19.7 Å². The Bertz CT molecular complexity index is 249. The molecule has 0 aromatic rings. The van der Waals surface area contributed by atoms with Crippen molar-refractivity contribution in [2.75, 3.05) is 0 Å². The molecule has 0 rings (SSSR count). The van der Waals surface area contributed by atoms with Crippen LogP contribution >= 0.6 is 0 Å². The second-order valence-electron chi connectivity index (χ2n) is 2.68. The Morgan fingerprint density at radius 3 is 2.08 bits per heavy atom. The van der Waals surface area contributed by atoms with Gasteiger partial charge >= 0.3 is 0 Å². The average molecular weight is 160 g/mol. The van der Waals surface area contributed by atoms with Gasteiger partial charge in [-0.15, -0.1) is 0 Å². The molecule has 0 heteroatoms. The summed E-state index contributed by atoms with van der Waals surface area (Å²) >= 11 is 0. The normalized spacial score (nSPS) is 12.5. The molecule has 0 aromatic heterocycles. The molecule has 0 aliphatic carbocycles. The van der Waals surface area contributed by atoms with Gasteiger partial charge in [0.2, 0.25) is 0 Å². The highest BCUT2D eigenvalue weighted by molar-refractivity contribution is 5.43. The van der Waals surface area contributed by atoms with Crippen LogP contribution < -0.4 is 0 Å². The minimum atomic E-state index is 1.04. The van der Waals surface area contributed by atoms with E-state index in [1.54, 1.807) is 6.08 Å². The molecular weight excluding hydrogens is 144 g/mol. The van der Waals surface area contributed by atoms with E-state index in [1.165, 1.54) is 0 Å². The molecule has 0 radical (unpaired) electrons. The molecule has 0 spiro atoms. The van der Waals surface area contributed by atoms with Gasteiger partial charge in [-0.1, -0.05) is 49.6 Å². The first kappa shape index (κ1) is 10.7. The Labute approximate surface area is 75.3 Å². The van der Waals surface area contributed by atoms with Crippen LogP contribution in [0.4, 0.5) is 0 Å². The average Bonchev–Trinajstić information content (AvgIpc) is 2.01. The van der Waals surface area contributed by atoms with Crippen LogP contribution in [0.5, 0.6) is 0 Å². The van der Waals surface area contributed by atoms with Crippen molar-refractivity contribution in [2.24, 2.45) is 0 Å². The molecule has 0 nitrogen and oxygen atoms in total. The van der Waals surface area contributed by atoms with Crippen LogP contribution in [-0.4, -0.2) is 0 Å². The fraction of sp³-hybridized carbons (Fsp3) is 0.167. The van der Waals surface area contributed by atoms with Crippen LogP contribution in [0.15, 0.2) is 60.8 Å². The lowest BCUT2D eigenvalue weighted by molar-refractivity contribution is 1.36. The second kappa shape index (κ2) is 5.36. The maximum absolute atomic E-state index is 3.87. The van der Waals surface area contributed by atoms with Gasteiger partial charge in [0.15, 0.2) is 0 Å². The second-order valence-corrected chi connectivity index (χ2v) is 2.68. The number of hydrogen-bond donors (Lipinski definition) is 0. The summed E-state index contributed by atoms with van der Waals surface area (Å²) in [7, 11) is 0. The van der Waals surface area contributed by atoms with E-state index in [0.29, 0.717) is 0 Å². The Morgan fingerprint density at radius 2 is 1.75 bits per heavy atom. The molecule has 0 aliphatic rings. The van der Waals surface area contributed by atoms with E-state index in [9.17, 15) is 0 Å². The molecule has 0 saturated heterocycles. The quantitative estimate of drug-likeness (QED) is 0.549. The Morgan fingerprint density at radius 1 is 1.17 bits per heavy atom. The molecule has 0 aliphatic heterocycles. The fourth-order valence-electron chi connectivity index (χ4n) is 0.974. The first-order chi connectivity index (χ1) is 5.63. The van der Waals surface area contributed by atoms with Gasteiger partial charge in [-0.05, 0) is 25.0 Å². The molecule has 0 N–H and O–H groups in total. The van der Waals surface area contributed by atoms with Crippen molar-refractivity contribution >= 4 is 0 Å². The van der Waals surface area contributed by atoms with Crippen molar-refractivity contribution in [2.45, 2.75) is 13.8 Å². The van der Waals surface area contributed by atoms with Crippen LogP contribution in [0.25, 0.3) is 0 Å². The summed E-state index contributed by atoms with van der Waals surface area (Å²) in [4.78, 5) is 0. The molecule has 0 heterocycles. The van der Waals surface area contributed by atoms with Gasteiger partial charge in [0.1, 0.15) is 0 Å². The number of allylic oxidation sites excluding steroid dienone is 7. The molecule has 64 valence electrons. The Hall–Kier alpha value is -1.30. The largest absolute Gasteiger partial charge is 0.0991 e. The van der Waals surface area contributed by atoms with Gasteiger partial charge in [-0.25, -0.2) is 0 Å². The predicted molar refractivity (Wildman–Crippen MR) is 57.0 cm³/mol. The van der Waals surface area contributed by atoms with E-state index < -0.39 is 0 Å². The maximum atomic E-state index is 3.87. The van der Waals surface area contributed by atoms with Gasteiger partial charge in [0, 0.05) is 0 Å². The zero-order valence-corrected chi connectivity index (χ0v) is 7.93. The summed E-state index contributed by atoms with van der Waals surface area (Å²) in [6.07, 6.45) is 7.48. The number of rotatable bonds is 4. The summed E-state index contributed by atoms with van der Waals surface area (Å²) in [6.45, 7) is 15.2. The van der Waals surface area contributed by atoms with E-state index in [1.807, 2.05) is 32.1 Å². The van der Waals surface area contributed by atoms with Gasteiger partial charge in [0.05, 0.1) is 0 Å². The Balaban J connectivity index is 4.83. The highest BCUT2D eigenvalue weighted by Gasteiger charge is 1.94. The molecule has 0 aromatic carbocycles. The van der Waals surface area contributed by atoms with Gasteiger partial charge in [-0.2, -0.15) is 0 Å². The third kappa shape index (κ3) is 3.20. The first-order valence-corrected chi connectivity index (χ1v) is 3.91. The molecular formula is C12H16. The topological polar surface area (TPSA) is 0 Å².